The van der Waals surface area contributed by atoms with Crippen molar-refractivity contribution in [3.05, 3.63) is 45.3 Å². The molecule has 0 radical (unpaired) electrons. The van der Waals surface area contributed by atoms with E-state index in [0.717, 1.165) is 17.7 Å². The number of carbonyl (C=O) groups is 2. The van der Waals surface area contributed by atoms with Crippen molar-refractivity contribution in [2.75, 3.05) is 4.90 Å². The molecule has 0 spiro atoms. The van der Waals surface area contributed by atoms with Crippen molar-refractivity contribution in [1.29, 1.82) is 0 Å². The quantitative estimate of drug-likeness (QED) is 0.669. The van der Waals surface area contributed by atoms with Gasteiger partial charge in [0.05, 0.1) is 35.1 Å². The SMILES string of the molecule is O=C1[C@@H]2[C@H](C(=O)N1c1nn(Cc3c(F)cccc3Cl)cc1Br)[C@H]1CC[C@@H]2O1. The summed E-state index contributed by atoms with van der Waals surface area (Å²) in [5.74, 6) is -1.60. The number of anilines is 1. The van der Waals surface area contributed by atoms with E-state index in [4.69, 9.17) is 16.3 Å². The Hall–Kier alpha value is -1.77. The first-order valence-electron chi connectivity index (χ1n) is 8.65. The van der Waals surface area contributed by atoms with E-state index in [2.05, 4.69) is 21.0 Å². The maximum atomic E-state index is 14.0. The number of benzene rings is 1. The lowest BCUT2D eigenvalue weighted by atomic mass is 9.81. The highest BCUT2D eigenvalue weighted by Crippen LogP contribution is 2.49. The Labute approximate surface area is 167 Å². The molecule has 3 aliphatic rings. The number of hydrogen-bond donors (Lipinski definition) is 0. The van der Waals surface area contributed by atoms with E-state index in [9.17, 15) is 14.0 Å². The summed E-state index contributed by atoms with van der Waals surface area (Å²) in [6, 6.07) is 4.46. The third kappa shape index (κ3) is 2.50. The van der Waals surface area contributed by atoms with Gasteiger partial charge >= 0.3 is 0 Å². The molecule has 140 valence electrons. The fourth-order valence-electron chi connectivity index (χ4n) is 4.39. The minimum Gasteiger partial charge on any atom is -0.373 e. The Morgan fingerprint density at radius 2 is 1.89 bits per heavy atom. The summed E-state index contributed by atoms with van der Waals surface area (Å²) in [6.07, 6.45) is 2.86. The summed E-state index contributed by atoms with van der Waals surface area (Å²) in [7, 11) is 0. The maximum Gasteiger partial charge on any atom is 0.241 e. The molecule has 4 heterocycles. The second-order valence-electron chi connectivity index (χ2n) is 7.05. The maximum absolute atomic E-state index is 14.0. The van der Waals surface area contributed by atoms with Crippen LogP contribution in [-0.2, 0) is 20.9 Å². The van der Waals surface area contributed by atoms with Gasteiger partial charge in [0.25, 0.3) is 0 Å². The van der Waals surface area contributed by atoms with E-state index in [1.54, 1.807) is 12.3 Å². The van der Waals surface area contributed by atoms with E-state index in [1.165, 1.54) is 16.8 Å². The molecule has 9 heteroatoms. The van der Waals surface area contributed by atoms with Crippen LogP contribution in [0.5, 0.6) is 0 Å². The number of imide groups is 1. The monoisotopic (exact) mass is 453 g/mol. The van der Waals surface area contributed by atoms with Gasteiger partial charge in [0.1, 0.15) is 5.82 Å². The number of halogens is 3. The van der Waals surface area contributed by atoms with Gasteiger partial charge in [0, 0.05) is 16.8 Å². The van der Waals surface area contributed by atoms with Gasteiger partial charge in [0.15, 0.2) is 5.82 Å². The Kier molecular flexibility index (Phi) is 3.93. The Balaban J connectivity index is 1.47. The van der Waals surface area contributed by atoms with Gasteiger partial charge < -0.3 is 4.74 Å². The molecule has 6 nitrogen and oxygen atoms in total. The second kappa shape index (κ2) is 6.12. The van der Waals surface area contributed by atoms with Crippen molar-refractivity contribution in [2.24, 2.45) is 11.8 Å². The Bertz CT molecular complexity index is 933. The Morgan fingerprint density at radius 3 is 2.52 bits per heavy atom. The molecule has 4 atom stereocenters. The number of carbonyl (C=O) groups excluding carboxylic acids is 2. The summed E-state index contributed by atoms with van der Waals surface area (Å²) in [5, 5.41) is 4.65. The third-order valence-electron chi connectivity index (χ3n) is 5.58. The van der Waals surface area contributed by atoms with Crippen molar-refractivity contribution in [3.8, 4) is 0 Å². The molecule has 0 N–H and O–H groups in total. The van der Waals surface area contributed by atoms with Gasteiger partial charge in [-0.3, -0.25) is 14.3 Å². The lowest BCUT2D eigenvalue weighted by molar-refractivity contribution is -0.124. The molecule has 3 fully saturated rings. The normalized spacial score (nSPS) is 29.1. The van der Waals surface area contributed by atoms with Crippen LogP contribution in [0.4, 0.5) is 10.2 Å². The highest BCUT2D eigenvalue weighted by Gasteiger charge is 2.63. The number of nitrogens with zero attached hydrogens (tertiary/aromatic N) is 3. The summed E-state index contributed by atoms with van der Waals surface area (Å²) < 4.78 is 21.7. The average molecular weight is 455 g/mol. The van der Waals surface area contributed by atoms with Crippen molar-refractivity contribution < 1.29 is 18.7 Å². The van der Waals surface area contributed by atoms with Crippen LogP contribution in [-0.4, -0.2) is 33.8 Å². The molecule has 0 unspecified atom stereocenters. The topological polar surface area (TPSA) is 64.4 Å². The fourth-order valence-corrected chi connectivity index (χ4v) is 5.10. The van der Waals surface area contributed by atoms with E-state index in [1.807, 2.05) is 0 Å². The van der Waals surface area contributed by atoms with Crippen LogP contribution in [0.1, 0.15) is 18.4 Å². The van der Waals surface area contributed by atoms with Crippen LogP contribution in [0.2, 0.25) is 5.02 Å². The minimum absolute atomic E-state index is 0.0849. The lowest BCUT2D eigenvalue weighted by Crippen LogP contribution is -2.34. The van der Waals surface area contributed by atoms with Crippen LogP contribution in [0.3, 0.4) is 0 Å². The van der Waals surface area contributed by atoms with Crippen LogP contribution < -0.4 is 4.90 Å². The van der Waals surface area contributed by atoms with Gasteiger partial charge in [-0.2, -0.15) is 5.10 Å². The van der Waals surface area contributed by atoms with Crippen molar-refractivity contribution in [1.82, 2.24) is 9.78 Å². The lowest BCUT2D eigenvalue weighted by Gasteiger charge is -2.15. The number of aromatic nitrogens is 2. The fraction of sp³-hybridized carbons (Fsp3) is 0.389. The van der Waals surface area contributed by atoms with Crippen LogP contribution in [0.15, 0.2) is 28.9 Å². The van der Waals surface area contributed by atoms with Crippen LogP contribution in [0, 0.1) is 17.7 Å². The van der Waals surface area contributed by atoms with Crippen molar-refractivity contribution in [2.45, 2.75) is 31.6 Å². The predicted octanol–water partition coefficient (Wildman–Crippen LogP) is 3.15. The molecule has 2 amide bonds. The molecular formula is C18H14BrClFN3O3. The molecule has 2 aromatic rings. The van der Waals surface area contributed by atoms with Gasteiger partial charge in [-0.25, -0.2) is 9.29 Å². The zero-order chi connectivity index (χ0) is 18.9. The summed E-state index contributed by atoms with van der Waals surface area (Å²) in [6.45, 7) is 0.0849. The molecule has 2 bridgehead atoms. The third-order valence-corrected chi connectivity index (χ3v) is 6.49. The van der Waals surface area contributed by atoms with Crippen LogP contribution in [0.25, 0.3) is 0 Å². The highest BCUT2D eigenvalue weighted by atomic mass is 79.9. The van der Waals surface area contributed by atoms with E-state index < -0.39 is 17.7 Å². The molecule has 1 aromatic carbocycles. The van der Waals surface area contributed by atoms with Crippen LogP contribution >= 0.6 is 27.5 Å². The van der Waals surface area contributed by atoms with Gasteiger partial charge in [0.2, 0.25) is 11.8 Å². The summed E-state index contributed by atoms with van der Waals surface area (Å²) >= 11 is 9.45. The number of ether oxygens (including phenoxy) is 1. The van der Waals surface area contributed by atoms with Gasteiger partial charge in [-0.15, -0.1) is 0 Å². The minimum atomic E-state index is -0.438. The number of hydrogen-bond acceptors (Lipinski definition) is 4. The van der Waals surface area contributed by atoms with Crippen molar-refractivity contribution >= 4 is 45.2 Å². The number of amides is 2. The average Bonchev–Trinajstić information content (AvgIpc) is 3.36. The molecule has 0 saturated carbocycles. The van der Waals surface area contributed by atoms with Crippen molar-refractivity contribution in [3.63, 3.8) is 0 Å². The zero-order valence-electron chi connectivity index (χ0n) is 13.9. The Morgan fingerprint density at radius 1 is 1.22 bits per heavy atom. The smallest absolute Gasteiger partial charge is 0.241 e. The first-order valence-corrected chi connectivity index (χ1v) is 9.82. The molecule has 27 heavy (non-hydrogen) atoms. The van der Waals surface area contributed by atoms with Gasteiger partial charge in [-0.1, -0.05) is 17.7 Å². The molecule has 3 saturated heterocycles. The first kappa shape index (κ1) is 17.3. The standard InChI is InChI=1S/C18H14BrClFN3O3/c19-9-7-23(6-8-10(20)2-1-3-11(8)21)22-16(9)24-17(25)14-12-4-5-13(27-12)15(14)18(24)26/h1-3,7,12-15H,4-6H2/t12-,13+,14-,15+. The molecule has 0 aliphatic carbocycles. The first-order chi connectivity index (χ1) is 13.0. The summed E-state index contributed by atoms with van der Waals surface area (Å²) in [4.78, 5) is 26.9. The van der Waals surface area contributed by atoms with E-state index in [0.29, 0.717) is 15.1 Å². The largest absolute Gasteiger partial charge is 0.373 e. The molecule has 5 rings (SSSR count). The van der Waals surface area contributed by atoms with E-state index >= 15 is 0 Å². The van der Waals surface area contributed by atoms with Gasteiger partial charge in [-0.05, 0) is 40.9 Å². The molecule has 3 aliphatic heterocycles. The zero-order valence-corrected chi connectivity index (χ0v) is 16.3. The second-order valence-corrected chi connectivity index (χ2v) is 8.31. The highest BCUT2D eigenvalue weighted by molar-refractivity contribution is 9.10. The molecular weight excluding hydrogens is 441 g/mol. The molecule has 1 aromatic heterocycles. The predicted molar refractivity (Wildman–Crippen MR) is 97.8 cm³/mol. The number of rotatable bonds is 3. The van der Waals surface area contributed by atoms with E-state index in [-0.39, 0.29) is 36.4 Å². The number of fused-ring (bicyclic) bond motifs is 5. The summed E-state index contributed by atoms with van der Waals surface area (Å²) in [5.41, 5.74) is 0.295.